The van der Waals surface area contributed by atoms with Crippen LogP contribution in [0.25, 0.3) is 17.2 Å². The van der Waals surface area contributed by atoms with Crippen LogP contribution in [0.3, 0.4) is 0 Å². The second kappa shape index (κ2) is 8.00. The molecule has 142 valence electrons. The Balaban J connectivity index is 1.51. The number of carbonyl (C=O) groups excluding carboxylic acids is 1. The predicted octanol–water partition coefficient (Wildman–Crippen LogP) is 3.30. The van der Waals surface area contributed by atoms with Gasteiger partial charge in [0.1, 0.15) is 5.52 Å². The Kier molecular flexibility index (Phi) is 5.27. The Morgan fingerprint density at radius 1 is 1.29 bits per heavy atom. The van der Waals surface area contributed by atoms with E-state index < -0.39 is 0 Å². The number of oxazole rings is 1. The van der Waals surface area contributed by atoms with E-state index in [1.54, 1.807) is 13.0 Å². The summed E-state index contributed by atoms with van der Waals surface area (Å²) in [5.41, 5.74) is 3.42. The van der Waals surface area contributed by atoms with Crippen LogP contribution in [-0.4, -0.2) is 33.8 Å². The monoisotopic (exact) mass is 393 g/mol. The molecule has 0 radical (unpaired) electrons. The van der Waals surface area contributed by atoms with Crippen molar-refractivity contribution < 1.29 is 14.3 Å². The topological polar surface area (TPSA) is 87.7 Å². The third-order valence-electron chi connectivity index (χ3n) is 4.29. The molecule has 1 aliphatic rings. The number of fused-ring (bicyclic) bond motifs is 1. The van der Waals surface area contributed by atoms with E-state index in [2.05, 4.69) is 15.3 Å². The van der Waals surface area contributed by atoms with Crippen molar-refractivity contribution in [2.45, 2.75) is 19.4 Å². The molecule has 2 N–H and O–H groups in total. The minimum atomic E-state index is -0.307. The van der Waals surface area contributed by atoms with Crippen LogP contribution in [-0.2, 0) is 11.2 Å². The van der Waals surface area contributed by atoms with Gasteiger partial charge in [0.2, 0.25) is 0 Å². The summed E-state index contributed by atoms with van der Waals surface area (Å²) in [5, 5.41) is 12.9. The molecule has 28 heavy (non-hydrogen) atoms. The number of aromatic nitrogens is 1. The first-order valence-electron chi connectivity index (χ1n) is 8.91. The van der Waals surface area contributed by atoms with Crippen LogP contribution < -0.4 is 5.32 Å². The summed E-state index contributed by atoms with van der Waals surface area (Å²) in [5.74, 6) is 0.407. The van der Waals surface area contributed by atoms with E-state index in [4.69, 9.17) is 4.42 Å². The predicted molar refractivity (Wildman–Crippen MR) is 111 cm³/mol. The highest BCUT2D eigenvalue weighted by atomic mass is 32.2. The molecule has 1 fully saturated rings. The number of amides is 1. The van der Waals surface area contributed by atoms with Crippen LogP contribution in [0.1, 0.15) is 17.0 Å². The van der Waals surface area contributed by atoms with Gasteiger partial charge in [-0.05, 0) is 47.5 Å². The highest BCUT2D eigenvalue weighted by molar-refractivity contribution is 8.18. The lowest BCUT2D eigenvalue weighted by Gasteiger charge is -2.10. The number of nitrogens with one attached hydrogen (secondary N) is 1. The molecular weight excluding hydrogens is 374 g/mol. The van der Waals surface area contributed by atoms with Crippen LogP contribution in [0.2, 0.25) is 0 Å². The number of nitrogens with zero attached hydrogens (tertiary/aromatic N) is 2. The van der Waals surface area contributed by atoms with Gasteiger partial charge < -0.3 is 14.8 Å². The highest BCUT2D eigenvalue weighted by Gasteiger charge is 2.25. The van der Waals surface area contributed by atoms with Crippen LogP contribution >= 0.6 is 11.8 Å². The molecule has 3 aromatic rings. The first kappa shape index (κ1) is 18.5. The van der Waals surface area contributed by atoms with Gasteiger partial charge in [-0.1, -0.05) is 36.4 Å². The molecule has 0 spiro atoms. The number of carbonyl (C=O) groups is 1. The van der Waals surface area contributed by atoms with Crippen LogP contribution in [0.5, 0.6) is 0 Å². The molecule has 1 saturated heterocycles. The molecule has 2 aromatic carbocycles. The maximum Gasteiger partial charge on any atom is 0.264 e. The second-order valence-electron chi connectivity index (χ2n) is 6.49. The normalized spacial score (nSPS) is 18.1. The zero-order valence-corrected chi connectivity index (χ0v) is 16.1. The van der Waals surface area contributed by atoms with E-state index in [1.807, 2.05) is 48.5 Å². The molecule has 1 atom stereocenters. The maximum absolute atomic E-state index is 12.3. The average Bonchev–Trinajstić information content (AvgIpc) is 3.22. The molecular formula is C21H19N3O3S. The first-order chi connectivity index (χ1) is 13.6. The summed E-state index contributed by atoms with van der Waals surface area (Å²) in [6.45, 7) is 1.71. The van der Waals surface area contributed by atoms with Crippen molar-refractivity contribution in [2.75, 3.05) is 6.61 Å². The van der Waals surface area contributed by atoms with E-state index in [0.29, 0.717) is 28.0 Å². The molecule has 1 aliphatic heterocycles. The Morgan fingerprint density at radius 2 is 2.11 bits per heavy atom. The van der Waals surface area contributed by atoms with Crippen molar-refractivity contribution in [3.05, 3.63) is 70.5 Å². The summed E-state index contributed by atoms with van der Waals surface area (Å²) in [4.78, 5) is 21.6. The molecule has 0 saturated carbocycles. The van der Waals surface area contributed by atoms with Gasteiger partial charge in [0, 0.05) is 6.92 Å². The standard InChI is InChI=1S/C21H19N3O3S/c1-13-22-17-8-7-15(10-18(17)27-13)11-19-20(26)24-21(28-19)23-16(12-25)9-14-5-3-2-4-6-14/h2-8,10-11,16,25H,9,12H2,1H3,(H,23,24,26)/b19-11+. The van der Waals surface area contributed by atoms with Gasteiger partial charge in [-0.2, -0.15) is 0 Å². The lowest BCUT2D eigenvalue weighted by molar-refractivity contribution is -0.115. The zero-order chi connectivity index (χ0) is 19.5. The van der Waals surface area contributed by atoms with E-state index >= 15 is 0 Å². The Hall–Kier alpha value is -2.90. The molecule has 4 rings (SSSR count). The summed E-state index contributed by atoms with van der Waals surface area (Å²) in [6.07, 6.45) is 2.41. The van der Waals surface area contributed by atoms with Crippen molar-refractivity contribution in [2.24, 2.45) is 4.99 Å². The van der Waals surface area contributed by atoms with Gasteiger partial charge in [-0.15, -0.1) is 0 Å². The van der Waals surface area contributed by atoms with Crippen molar-refractivity contribution in [1.82, 2.24) is 10.3 Å². The van der Waals surface area contributed by atoms with Crippen molar-refractivity contribution >= 4 is 40.0 Å². The number of thioether (sulfide) groups is 1. The number of benzene rings is 2. The maximum atomic E-state index is 12.3. The number of amidine groups is 1. The molecule has 7 heteroatoms. The van der Waals surface area contributed by atoms with Crippen LogP contribution in [0, 0.1) is 6.92 Å². The molecule has 0 aliphatic carbocycles. The lowest BCUT2D eigenvalue weighted by Crippen LogP contribution is -2.23. The van der Waals surface area contributed by atoms with E-state index in [0.717, 1.165) is 16.6 Å². The summed E-state index contributed by atoms with van der Waals surface area (Å²) in [6, 6.07) is 15.2. The van der Waals surface area contributed by atoms with E-state index in [9.17, 15) is 9.90 Å². The van der Waals surface area contributed by atoms with Gasteiger partial charge in [-0.3, -0.25) is 9.79 Å². The van der Waals surface area contributed by atoms with Crippen molar-refractivity contribution in [1.29, 1.82) is 0 Å². The first-order valence-corrected chi connectivity index (χ1v) is 9.73. The fourth-order valence-corrected chi connectivity index (χ4v) is 3.88. The summed E-state index contributed by atoms with van der Waals surface area (Å²) < 4.78 is 5.55. The Morgan fingerprint density at radius 3 is 2.89 bits per heavy atom. The Labute approximate surface area is 166 Å². The van der Waals surface area contributed by atoms with Gasteiger partial charge in [0.15, 0.2) is 16.6 Å². The van der Waals surface area contributed by atoms with Crippen LogP contribution in [0.4, 0.5) is 0 Å². The number of rotatable bonds is 5. The van der Waals surface area contributed by atoms with Crippen molar-refractivity contribution in [3.63, 3.8) is 0 Å². The smallest absolute Gasteiger partial charge is 0.264 e. The fourth-order valence-electron chi connectivity index (χ4n) is 2.99. The molecule has 0 bridgehead atoms. The molecule has 6 nitrogen and oxygen atoms in total. The van der Waals surface area contributed by atoms with Crippen molar-refractivity contribution in [3.8, 4) is 0 Å². The van der Waals surface area contributed by atoms with Gasteiger partial charge >= 0.3 is 0 Å². The number of aryl methyl sites for hydroxylation is 1. The Bertz CT molecular complexity index is 1070. The number of hydrogen-bond donors (Lipinski definition) is 2. The summed E-state index contributed by atoms with van der Waals surface area (Å²) in [7, 11) is 0. The quantitative estimate of drug-likeness (QED) is 0.650. The number of aliphatic hydroxyl groups excluding tert-OH is 1. The minimum absolute atomic E-state index is 0.0879. The van der Waals surface area contributed by atoms with Gasteiger partial charge in [-0.25, -0.2) is 4.98 Å². The minimum Gasteiger partial charge on any atom is -0.441 e. The number of hydrogen-bond acceptors (Lipinski definition) is 6. The SMILES string of the molecule is Cc1nc2ccc(/C=C3/SC(=NC(CO)Cc4ccccc4)NC3=O)cc2o1. The number of aliphatic imine (C=N–C) groups is 1. The highest BCUT2D eigenvalue weighted by Crippen LogP contribution is 2.28. The molecule has 1 aromatic heterocycles. The molecule has 1 amide bonds. The largest absolute Gasteiger partial charge is 0.441 e. The average molecular weight is 393 g/mol. The zero-order valence-electron chi connectivity index (χ0n) is 15.3. The van der Waals surface area contributed by atoms with Crippen LogP contribution in [0.15, 0.2) is 62.8 Å². The fraction of sp³-hybridized carbons (Fsp3) is 0.190. The third kappa shape index (κ3) is 4.16. The van der Waals surface area contributed by atoms with Gasteiger partial charge in [0.25, 0.3) is 5.91 Å². The van der Waals surface area contributed by atoms with E-state index in [1.165, 1.54) is 11.8 Å². The van der Waals surface area contributed by atoms with Gasteiger partial charge in [0.05, 0.1) is 17.6 Å². The lowest BCUT2D eigenvalue weighted by atomic mass is 10.1. The summed E-state index contributed by atoms with van der Waals surface area (Å²) >= 11 is 1.27. The second-order valence-corrected chi connectivity index (χ2v) is 7.52. The van der Waals surface area contributed by atoms with E-state index in [-0.39, 0.29) is 18.6 Å². The molecule has 2 heterocycles. The number of aliphatic hydroxyl groups is 1. The molecule has 1 unspecified atom stereocenters. The third-order valence-corrected chi connectivity index (χ3v) is 5.22.